The standard InChI is InChI=1S/C23H43NO2/c1-5-12-23(13-14-25)17-19(6-2)16-21(22(24)7-3)20(18-23)11-9-8-10-15-26-4/h19,24-25H,5-18H2,1-4H3. The van der Waals surface area contributed by atoms with Gasteiger partial charge in [0, 0.05) is 26.0 Å². The van der Waals surface area contributed by atoms with Crippen LogP contribution in [0.1, 0.15) is 97.8 Å². The Morgan fingerprint density at radius 3 is 2.54 bits per heavy atom. The minimum Gasteiger partial charge on any atom is -0.396 e. The zero-order valence-corrected chi connectivity index (χ0v) is 17.8. The largest absolute Gasteiger partial charge is 0.396 e. The van der Waals surface area contributed by atoms with Gasteiger partial charge < -0.3 is 15.3 Å². The molecule has 0 aromatic carbocycles. The number of hydrogen-bond donors (Lipinski definition) is 2. The van der Waals surface area contributed by atoms with Gasteiger partial charge in [0.15, 0.2) is 0 Å². The highest BCUT2D eigenvalue weighted by Crippen LogP contribution is 2.48. The molecule has 2 N–H and O–H groups in total. The Morgan fingerprint density at radius 2 is 1.96 bits per heavy atom. The number of aliphatic hydroxyl groups excluding tert-OH is 1. The molecular formula is C23H43NO2. The molecule has 0 saturated carbocycles. The van der Waals surface area contributed by atoms with Crippen LogP contribution in [0.25, 0.3) is 0 Å². The summed E-state index contributed by atoms with van der Waals surface area (Å²) in [5.41, 5.74) is 3.99. The van der Waals surface area contributed by atoms with Gasteiger partial charge in [0.25, 0.3) is 0 Å². The first-order chi connectivity index (χ1) is 12.6. The average molecular weight is 366 g/mol. The van der Waals surface area contributed by atoms with E-state index in [4.69, 9.17) is 10.1 Å². The van der Waals surface area contributed by atoms with E-state index in [-0.39, 0.29) is 12.0 Å². The molecule has 3 nitrogen and oxygen atoms in total. The van der Waals surface area contributed by atoms with E-state index in [1.54, 1.807) is 7.11 Å². The van der Waals surface area contributed by atoms with Crippen molar-refractivity contribution in [1.29, 1.82) is 5.41 Å². The normalized spacial score (nSPS) is 24.0. The third-order valence-electron chi connectivity index (χ3n) is 6.27. The monoisotopic (exact) mass is 365 g/mol. The molecule has 0 heterocycles. The molecule has 0 bridgehead atoms. The number of unbranched alkanes of at least 4 members (excludes halogenated alkanes) is 2. The van der Waals surface area contributed by atoms with Crippen molar-refractivity contribution in [3.8, 4) is 0 Å². The first kappa shape index (κ1) is 23.4. The van der Waals surface area contributed by atoms with Crippen molar-refractivity contribution in [1.82, 2.24) is 0 Å². The summed E-state index contributed by atoms with van der Waals surface area (Å²) < 4.78 is 5.18. The summed E-state index contributed by atoms with van der Waals surface area (Å²) in [5, 5.41) is 18.3. The van der Waals surface area contributed by atoms with E-state index in [1.807, 2.05) is 0 Å². The summed E-state index contributed by atoms with van der Waals surface area (Å²) in [5.74, 6) is 0.654. The lowest BCUT2D eigenvalue weighted by molar-refractivity contribution is 0.133. The lowest BCUT2D eigenvalue weighted by Gasteiger charge is -2.35. The van der Waals surface area contributed by atoms with Gasteiger partial charge in [0.2, 0.25) is 0 Å². The van der Waals surface area contributed by atoms with Crippen molar-refractivity contribution in [3.05, 3.63) is 11.1 Å². The fourth-order valence-corrected chi connectivity index (χ4v) is 4.86. The van der Waals surface area contributed by atoms with Gasteiger partial charge >= 0.3 is 0 Å². The summed E-state index contributed by atoms with van der Waals surface area (Å²) >= 11 is 0. The SMILES string of the molecule is CCCC1(CCO)CC(CCCCCOC)=C(C(=N)CC)CC(CC)C1. The molecule has 26 heavy (non-hydrogen) atoms. The summed E-state index contributed by atoms with van der Waals surface area (Å²) in [7, 11) is 1.77. The third-order valence-corrected chi connectivity index (χ3v) is 6.27. The van der Waals surface area contributed by atoms with E-state index in [0.717, 1.165) is 50.8 Å². The van der Waals surface area contributed by atoms with Crippen LogP contribution < -0.4 is 0 Å². The van der Waals surface area contributed by atoms with Gasteiger partial charge in [-0.25, -0.2) is 0 Å². The van der Waals surface area contributed by atoms with Gasteiger partial charge in [-0.1, -0.05) is 45.6 Å². The maximum absolute atomic E-state index is 9.77. The molecule has 1 aliphatic rings. The van der Waals surface area contributed by atoms with Crippen molar-refractivity contribution in [3.63, 3.8) is 0 Å². The van der Waals surface area contributed by atoms with Crippen molar-refractivity contribution in [2.24, 2.45) is 11.3 Å². The molecule has 0 amide bonds. The Bertz CT molecular complexity index is 435. The number of hydrogen-bond acceptors (Lipinski definition) is 3. The smallest absolute Gasteiger partial charge is 0.0462 e. The molecule has 3 heteroatoms. The van der Waals surface area contributed by atoms with Gasteiger partial charge in [-0.15, -0.1) is 0 Å². The molecule has 0 aromatic rings. The van der Waals surface area contributed by atoms with Gasteiger partial charge in [-0.05, 0) is 74.7 Å². The van der Waals surface area contributed by atoms with E-state index >= 15 is 0 Å². The van der Waals surface area contributed by atoms with Gasteiger partial charge in [0.05, 0.1) is 0 Å². The Morgan fingerprint density at radius 1 is 1.19 bits per heavy atom. The average Bonchev–Trinajstić information content (AvgIpc) is 2.78. The number of allylic oxidation sites excluding steroid dienone is 2. The molecule has 0 spiro atoms. The molecule has 0 saturated heterocycles. The Hall–Kier alpha value is -0.670. The van der Waals surface area contributed by atoms with E-state index in [0.29, 0.717) is 5.92 Å². The first-order valence-electron chi connectivity index (χ1n) is 10.9. The van der Waals surface area contributed by atoms with Crippen molar-refractivity contribution in [2.75, 3.05) is 20.3 Å². The predicted octanol–water partition coefficient (Wildman–Crippen LogP) is 6.30. The molecular weight excluding hydrogens is 322 g/mol. The Kier molecular flexibility index (Phi) is 11.4. The molecule has 2 unspecified atom stereocenters. The third kappa shape index (κ3) is 7.15. The highest BCUT2D eigenvalue weighted by Gasteiger charge is 2.36. The summed E-state index contributed by atoms with van der Waals surface area (Å²) in [6, 6.07) is 0. The van der Waals surface area contributed by atoms with Crippen LogP contribution >= 0.6 is 0 Å². The predicted molar refractivity (Wildman–Crippen MR) is 112 cm³/mol. The molecule has 0 aliphatic heterocycles. The van der Waals surface area contributed by atoms with Crippen molar-refractivity contribution in [2.45, 2.75) is 97.8 Å². The fraction of sp³-hybridized carbons (Fsp3) is 0.870. The Balaban J connectivity index is 3.08. The second kappa shape index (κ2) is 12.7. The zero-order chi connectivity index (χ0) is 19.4. The quantitative estimate of drug-likeness (QED) is 0.297. The van der Waals surface area contributed by atoms with Crippen LogP contribution in [-0.2, 0) is 4.74 Å². The van der Waals surface area contributed by atoms with Crippen LogP contribution in [0.15, 0.2) is 11.1 Å². The maximum atomic E-state index is 9.77. The lowest BCUT2D eigenvalue weighted by atomic mass is 9.70. The van der Waals surface area contributed by atoms with Crippen molar-refractivity contribution >= 4 is 5.71 Å². The van der Waals surface area contributed by atoms with Crippen LogP contribution in [0.3, 0.4) is 0 Å². The second-order valence-corrected chi connectivity index (χ2v) is 8.30. The number of methoxy groups -OCH3 is 1. The van der Waals surface area contributed by atoms with Crippen LogP contribution in [0.2, 0.25) is 0 Å². The van der Waals surface area contributed by atoms with E-state index < -0.39 is 0 Å². The molecule has 2 atom stereocenters. The number of aliphatic hydroxyl groups is 1. The van der Waals surface area contributed by atoms with Gasteiger partial charge in [0.1, 0.15) is 0 Å². The molecule has 0 fully saturated rings. The molecule has 1 aliphatic carbocycles. The summed E-state index contributed by atoms with van der Waals surface area (Å²) in [6.45, 7) is 7.82. The van der Waals surface area contributed by atoms with Gasteiger partial charge in [-0.2, -0.15) is 0 Å². The van der Waals surface area contributed by atoms with Crippen LogP contribution in [0, 0.1) is 16.7 Å². The van der Waals surface area contributed by atoms with Crippen LogP contribution in [0.4, 0.5) is 0 Å². The minimum absolute atomic E-state index is 0.238. The topological polar surface area (TPSA) is 53.3 Å². The molecule has 0 aromatic heterocycles. The summed E-state index contributed by atoms with van der Waals surface area (Å²) in [6.07, 6.45) is 13.3. The first-order valence-corrected chi connectivity index (χ1v) is 10.9. The highest BCUT2D eigenvalue weighted by atomic mass is 16.5. The number of rotatable bonds is 13. The molecule has 0 radical (unpaired) electrons. The summed E-state index contributed by atoms with van der Waals surface area (Å²) in [4.78, 5) is 0. The highest BCUT2D eigenvalue weighted by molar-refractivity contribution is 5.98. The van der Waals surface area contributed by atoms with E-state index in [2.05, 4.69) is 20.8 Å². The Labute approximate surface area is 162 Å². The van der Waals surface area contributed by atoms with E-state index in [9.17, 15) is 5.11 Å². The zero-order valence-electron chi connectivity index (χ0n) is 17.8. The van der Waals surface area contributed by atoms with E-state index in [1.165, 1.54) is 49.7 Å². The van der Waals surface area contributed by atoms with Crippen LogP contribution in [-0.4, -0.2) is 31.1 Å². The number of ether oxygens (including phenoxy) is 1. The minimum atomic E-state index is 0.238. The van der Waals surface area contributed by atoms with Crippen LogP contribution in [0.5, 0.6) is 0 Å². The van der Waals surface area contributed by atoms with Crippen molar-refractivity contribution < 1.29 is 9.84 Å². The second-order valence-electron chi connectivity index (χ2n) is 8.30. The maximum Gasteiger partial charge on any atom is 0.0462 e. The van der Waals surface area contributed by atoms with Gasteiger partial charge in [-0.3, -0.25) is 0 Å². The molecule has 152 valence electrons. The molecule has 1 rings (SSSR count). The lowest BCUT2D eigenvalue weighted by Crippen LogP contribution is -2.25. The number of nitrogens with one attached hydrogen (secondary N) is 1. The fourth-order valence-electron chi connectivity index (χ4n) is 4.86.